The van der Waals surface area contributed by atoms with Gasteiger partial charge in [0.15, 0.2) is 5.78 Å². The summed E-state index contributed by atoms with van der Waals surface area (Å²) in [7, 11) is 0. The van der Waals surface area contributed by atoms with E-state index in [1.165, 1.54) is 0 Å². The van der Waals surface area contributed by atoms with Crippen molar-refractivity contribution in [3.8, 4) is 0 Å². The van der Waals surface area contributed by atoms with E-state index >= 15 is 0 Å². The van der Waals surface area contributed by atoms with E-state index in [0.29, 0.717) is 6.42 Å². The number of carbonyl (C=O) groups excluding carboxylic acids is 1. The van der Waals surface area contributed by atoms with Crippen molar-refractivity contribution in [1.29, 1.82) is 0 Å². The van der Waals surface area contributed by atoms with Crippen LogP contribution in [0.5, 0.6) is 0 Å². The van der Waals surface area contributed by atoms with Gasteiger partial charge in [-0.15, -0.1) is 0 Å². The first-order chi connectivity index (χ1) is 7.36. The van der Waals surface area contributed by atoms with Gasteiger partial charge in [0, 0.05) is 17.5 Å². The van der Waals surface area contributed by atoms with Gasteiger partial charge in [-0.05, 0) is 12.1 Å². The summed E-state index contributed by atoms with van der Waals surface area (Å²) >= 11 is 0. The van der Waals surface area contributed by atoms with Gasteiger partial charge in [-0.25, -0.2) is 0 Å². The Morgan fingerprint density at radius 3 is 2.40 bits per heavy atom. The average Bonchev–Trinajstić information content (AvgIpc) is 2.31. The number of carbonyl (C=O) groups is 1. The van der Waals surface area contributed by atoms with Gasteiger partial charge < -0.3 is 0 Å². The van der Waals surface area contributed by atoms with Crippen molar-refractivity contribution in [2.24, 2.45) is 0 Å². The SMILES string of the molecule is O=C(Cc1ccccn1)c1ccccc1. The van der Waals surface area contributed by atoms with Crippen LogP contribution in [0.15, 0.2) is 54.7 Å². The van der Waals surface area contributed by atoms with Crippen LogP contribution in [-0.4, -0.2) is 10.8 Å². The van der Waals surface area contributed by atoms with Crippen LogP contribution in [0.2, 0.25) is 0 Å². The molecule has 0 saturated carbocycles. The second kappa shape index (κ2) is 4.51. The summed E-state index contributed by atoms with van der Waals surface area (Å²) in [5.41, 5.74) is 1.55. The van der Waals surface area contributed by atoms with Crippen molar-refractivity contribution < 1.29 is 4.79 Å². The lowest BCUT2D eigenvalue weighted by molar-refractivity contribution is 0.0992. The zero-order valence-electron chi connectivity index (χ0n) is 8.26. The van der Waals surface area contributed by atoms with Gasteiger partial charge >= 0.3 is 0 Å². The largest absolute Gasteiger partial charge is 0.294 e. The molecule has 0 aliphatic carbocycles. The number of ketones is 1. The van der Waals surface area contributed by atoms with Crippen molar-refractivity contribution in [2.45, 2.75) is 6.42 Å². The molecule has 1 aromatic carbocycles. The molecule has 0 bridgehead atoms. The highest BCUT2D eigenvalue weighted by atomic mass is 16.1. The van der Waals surface area contributed by atoms with E-state index in [1.54, 1.807) is 6.20 Å². The Morgan fingerprint density at radius 2 is 1.73 bits per heavy atom. The molecule has 74 valence electrons. The average molecular weight is 197 g/mol. The number of aromatic nitrogens is 1. The second-order valence-corrected chi connectivity index (χ2v) is 3.29. The molecule has 2 rings (SSSR count). The molecule has 15 heavy (non-hydrogen) atoms. The number of benzene rings is 1. The summed E-state index contributed by atoms with van der Waals surface area (Å²) in [6.45, 7) is 0. The van der Waals surface area contributed by atoms with E-state index in [4.69, 9.17) is 0 Å². The molecule has 0 amide bonds. The molecule has 2 nitrogen and oxygen atoms in total. The third-order valence-electron chi connectivity index (χ3n) is 2.16. The number of rotatable bonds is 3. The van der Waals surface area contributed by atoms with Gasteiger partial charge in [0.1, 0.15) is 0 Å². The molecule has 0 radical (unpaired) electrons. The fourth-order valence-corrected chi connectivity index (χ4v) is 1.39. The molecular weight excluding hydrogens is 186 g/mol. The lowest BCUT2D eigenvalue weighted by Gasteiger charge is -1.99. The molecule has 0 unspecified atom stereocenters. The first kappa shape index (κ1) is 9.59. The van der Waals surface area contributed by atoms with Gasteiger partial charge in [-0.2, -0.15) is 0 Å². The highest BCUT2D eigenvalue weighted by Gasteiger charge is 2.06. The Kier molecular flexibility index (Phi) is 2.88. The first-order valence-electron chi connectivity index (χ1n) is 4.84. The Balaban J connectivity index is 2.12. The summed E-state index contributed by atoms with van der Waals surface area (Å²) in [6.07, 6.45) is 2.07. The van der Waals surface area contributed by atoms with Crippen LogP contribution in [0.4, 0.5) is 0 Å². The number of hydrogen-bond acceptors (Lipinski definition) is 2. The third kappa shape index (κ3) is 2.50. The molecule has 0 spiro atoms. The van der Waals surface area contributed by atoms with Gasteiger partial charge in [0.25, 0.3) is 0 Å². The van der Waals surface area contributed by atoms with Gasteiger partial charge in [0.2, 0.25) is 0 Å². The van der Waals surface area contributed by atoms with Crippen molar-refractivity contribution in [1.82, 2.24) is 4.98 Å². The first-order valence-corrected chi connectivity index (χ1v) is 4.84. The minimum atomic E-state index is 0.106. The summed E-state index contributed by atoms with van der Waals surface area (Å²) in [4.78, 5) is 15.9. The second-order valence-electron chi connectivity index (χ2n) is 3.29. The van der Waals surface area contributed by atoms with Crippen LogP contribution in [0.3, 0.4) is 0 Å². The Hall–Kier alpha value is -1.96. The van der Waals surface area contributed by atoms with Gasteiger partial charge in [-0.3, -0.25) is 9.78 Å². The summed E-state index contributed by atoms with van der Waals surface area (Å²) < 4.78 is 0. The molecule has 1 aromatic heterocycles. The summed E-state index contributed by atoms with van der Waals surface area (Å²) in [5.74, 6) is 0.106. The molecule has 1 heterocycles. The lowest BCUT2D eigenvalue weighted by Crippen LogP contribution is -2.04. The quantitative estimate of drug-likeness (QED) is 0.707. The number of pyridine rings is 1. The Morgan fingerprint density at radius 1 is 1.00 bits per heavy atom. The monoisotopic (exact) mass is 197 g/mol. The minimum absolute atomic E-state index is 0.106. The van der Waals surface area contributed by atoms with E-state index in [2.05, 4.69) is 4.98 Å². The van der Waals surface area contributed by atoms with Crippen molar-refractivity contribution in [3.05, 3.63) is 66.0 Å². The fraction of sp³-hybridized carbons (Fsp3) is 0.0769. The molecule has 0 atom stereocenters. The molecular formula is C13H11NO. The van der Waals surface area contributed by atoms with Crippen LogP contribution < -0.4 is 0 Å². The highest BCUT2D eigenvalue weighted by molar-refractivity contribution is 5.97. The zero-order valence-corrected chi connectivity index (χ0v) is 8.26. The maximum atomic E-state index is 11.8. The van der Waals surface area contributed by atoms with Crippen molar-refractivity contribution >= 4 is 5.78 Å². The summed E-state index contributed by atoms with van der Waals surface area (Å²) in [5, 5.41) is 0. The van der Waals surface area contributed by atoms with Crippen LogP contribution >= 0.6 is 0 Å². The number of Topliss-reactive ketones (excluding diaryl/α,β-unsaturated/α-hetero) is 1. The van der Waals surface area contributed by atoms with E-state index < -0.39 is 0 Å². The Labute approximate surface area is 88.6 Å². The standard InChI is InChI=1S/C13H11NO/c15-13(11-6-2-1-3-7-11)10-12-8-4-5-9-14-12/h1-9H,10H2. The predicted octanol–water partition coefficient (Wildman–Crippen LogP) is 2.51. The van der Waals surface area contributed by atoms with E-state index in [-0.39, 0.29) is 5.78 Å². The van der Waals surface area contributed by atoms with E-state index in [1.807, 2.05) is 48.5 Å². The predicted molar refractivity (Wildman–Crippen MR) is 58.7 cm³/mol. The number of hydrogen-bond donors (Lipinski definition) is 0. The molecule has 0 fully saturated rings. The van der Waals surface area contributed by atoms with Gasteiger partial charge in [0.05, 0.1) is 6.42 Å². The van der Waals surface area contributed by atoms with Crippen molar-refractivity contribution in [2.75, 3.05) is 0 Å². The van der Waals surface area contributed by atoms with E-state index in [9.17, 15) is 4.79 Å². The Bertz CT molecular complexity index is 437. The maximum absolute atomic E-state index is 11.8. The molecule has 0 saturated heterocycles. The zero-order chi connectivity index (χ0) is 10.5. The summed E-state index contributed by atoms with van der Waals surface area (Å²) in [6, 6.07) is 14.9. The van der Waals surface area contributed by atoms with Crippen LogP contribution in [0, 0.1) is 0 Å². The molecule has 2 heteroatoms. The van der Waals surface area contributed by atoms with Crippen LogP contribution in [0.1, 0.15) is 16.1 Å². The third-order valence-corrected chi connectivity index (χ3v) is 2.16. The molecule has 0 aliphatic rings. The lowest BCUT2D eigenvalue weighted by atomic mass is 10.1. The smallest absolute Gasteiger partial charge is 0.168 e. The maximum Gasteiger partial charge on any atom is 0.168 e. The van der Waals surface area contributed by atoms with Crippen LogP contribution in [-0.2, 0) is 6.42 Å². The fourth-order valence-electron chi connectivity index (χ4n) is 1.39. The minimum Gasteiger partial charge on any atom is -0.294 e. The van der Waals surface area contributed by atoms with E-state index in [0.717, 1.165) is 11.3 Å². The topological polar surface area (TPSA) is 30.0 Å². The van der Waals surface area contributed by atoms with Gasteiger partial charge in [-0.1, -0.05) is 36.4 Å². The molecule has 0 aliphatic heterocycles. The normalized spacial score (nSPS) is 9.87. The van der Waals surface area contributed by atoms with Crippen molar-refractivity contribution in [3.63, 3.8) is 0 Å². The number of nitrogens with zero attached hydrogens (tertiary/aromatic N) is 1. The van der Waals surface area contributed by atoms with Crippen LogP contribution in [0.25, 0.3) is 0 Å². The highest BCUT2D eigenvalue weighted by Crippen LogP contribution is 2.04. The molecule has 0 N–H and O–H groups in total. The molecule has 2 aromatic rings.